The molecule has 0 fully saturated rings. The Morgan fingerprint density at radius 3 is 2.50 bits per heavy atom. The molecule has 0 bridgehead atoms. The predicted molar refractivity (Wildman–Crippen MR) is 72.2 cm³/mol. The Morgan fingerprint density at radius 2 is 1.83 bits per heavy atom. The highest BCUT2D eigenvalue weighted by atomic mass is 79.9. The average Bonchev–Trinajstić information content (AvgIpc) is 2.31. The standard InChI is InChI=1S/C11H10BrN3O3/c12-4-3-9(16)13-6-1-2-7-8(5-6)15-11(18)10(17)14-7/h1-2,5H,3-4H2,(H,13,16)(H,14,17)(H,15,18). The van der Waals surface area contributed by atoms with Crippen LogP contribution in [-0.4, -0.2) is 21.2 Å². The van der Waals surface area contributed by atoms with Crippen molar-refractivity contribution in [3.05, 3.63) is 38.9 Å². The van der Waals surface area contributed by atoms with Crippen LogP contribution in [0, 0.1) is 0 Å². The zero-order chi connectivity index (χ0) is 13.1. The maximum atomic E-state index is 11.4. The Kier molecular flexibility index (Phi) is 3.61. The van der Waals surface area contributed by atoms with Crippen molar-refractivity contribution in [1.82, 2.24) is 9.97 Å². The van der Waals surface area contributed by atoms with E-state index in [0.717, 1.165) is 0 Å². The molecule has 94 valence electrons. The van der Waals surface area contributed by atoms with Crippen molar-refractivity contribution in [3.8, 4) is 0 Å². The second-order valence-electron chi connectivity index (χ2n) is 3.66. The van der Waals surface area contributed by atoms with Gasteiger partial charge < -0.3 is 15.3 Å². The number of hydrogen-bond acceptors (Lipinski definition) is 3. The minimum Gasteiger partial charge on any atom is -0.326 e. The fourth-order valence-corrected chi connectivity index (χ4v) is 1.86. The lowest BCUT2D eigenvalue weighted by Gasteiger charge is -2.05. The number of benzene rings is 1. The number of rotatable bonds is 3. The minimum atomic E-state index is -0.716. The summed E-state index contributed by atoms with van der Waals surface area (Å²) in [5.74, 6) is -0.127. The quantitative estimate of drug-likeness (QED) is 0.581. The van der Waals surface area contributed by atoms with E-state index in [9.17, 15) is 14.4 Å². The molecule has 0 radical (unpaired) electrons. The zero-order valence-corrected chi connectivity index (χ0v) is 10.8. The van der Waals surface area contributed by atoms with Gasteiger partial charge in [0.25, 0.3) is 0 Å². The van der Waals surface area contributed by atoms with Crippen LogP contribution in [0.15, 0.2) is 27.8 Å². The third kappa shape index (κ3) is 2.67. The van der Waals surface area contributed by atoms with Gasteiger partial charge in [-0.2, -0.15) is 0 Å². The highest BCUT2D eigenvalue weighted by molar-refractivity contribution is 9.09. The molecule has 0 spiro atoms. The summed E-state index contributed by atoms with van der Waals surface area (Å²) < 4.78 is 0. The lowest BCUT2D eigenvalue weighted by atomic mass is 10.2. The van der Waals surface area contributed by atoms with Crippen molar-refractivity contribution < 1.29 is 4.79 Å². The summed E-state index contributed by atoms with van der Waals surface area (Å²) >= 11 is 3.17. The van der Waals surface area contributed by atoms with Crippen LogP contribution in [-0.2, 0) is 4.79 Å². The van der Waals surface area contributed by atoms with Crippen molar-refractivity contribution >= 4 is 38.6 Å². The molecule has 0 saturated heterocycles. The number of hydrogen-bond donors (Lipinski definition) is 3. The summed E-state index contributed by atoms with van der Waals surface area (Å²) in [5.41, 5.74) is 0.135. The van der Waals surface area contributed by atoms with Crippen LogP contribution < -0.4 is 16.4 Å². The molecular weight excluding hydrogens is 302 g/mol. The number of carbonyl (C=O) groups excluding carboxylic acids is 1. The first-order valence-corrected chi connectivity index (χ1v) is 6.34. The first kappa shape index (κ1) is 12.6. The summed E-state index contributed by atoms with van der Waals surface area (Å²) in [4.78, 5) is 38.6. The fraction of sp³-hybridized carbons (Fsp3) is 0.182. The Balaban J connectivity index is 2.38. The predicted octanol–water partition coefficient (Wildman–Crippen LogP) is 0.940. The molecule has 0 saturated carbocycles. The summed E-state index contributed by atoms with van der Waals surface area (Å²) in [7, 11) is 0. The SMILES string of the molecule is O=C(CCBr)Nc1ccc2[nH]c(=O)c(=O)[nH]c2c1. The van der Waals surface area contributed by atoms with Crippen LogP contribution in [0.25, 0.3) is 11.0 Å². The zero-order valence-electron chi connectivity index (χ0n) is 9.25. The topological polar surface area (TPSA) is 94.8 Å². The second-order valence-corrected chi connectivity index (χ2v) is 4.45. The summed E-state index contributed by atoms with van der Waals surface area (Å²) in [5, 5.41) is 3.27. The van der Waals surface area contributed by atoms with Crippen LogP contribution in [0.4, 0.5) is 5.69 Å². The van der Waals surface area contributed by atoms with E-state index in [0.29, 0.717) is 28.5 Å². The molecule has 1 aromatic heterocycles. The minimum absolute atomic E-state index is 0.127. The van der Waals surface area contributed by atoms with Gasteiger partial charge >= 0.3 is 11.1 Å². The molecule has 1 heterocycles. The number of H-pyrrole nitrogens is 2. The molecule has 3 N–H and O–H groups in total. The number of nitrogens with one attached hydrogen (secondary N) is 3. The third-order valence-corrected chi connectivity index (χ3v) is 2.72. The summed E-state index contributed by atoms with van der Waals surface area (Å²) in [6, 6.07) is 4.87. The van der Waals surface area contributed by atoms with Crippen LogP contribution in [0.5, 0.6) is 0 Å². The van der Waals surface area contributed by atoms with Gasteiger partial charge in [0.05, 0.1) is 11.0 Å². The number of alkyl halides is 1. The highest BCUT2D eigenvalue weighted by Gasteiger charge is 2.04. The Hall–Kier alpha value is -1.89. The van der Waals surface area contributed by atoms with E-state index < -0.39 is 11.1 Å². The van der Waals surface area contributed by atoms with Crippen molar-refractivity contribution in [1.29, 1.82) is 0 Å². The number of aromatic amines is 2. The van der Waals surface area contributed by atoms with Gasteiger partial charge in [-0.3, -0.25) is 14.4 Å². The molecule has 1 aromatic carbocycles. The van der Waals surface area contributed by atoms with Gasteiger partial charge in [-0.1, -0.05) is 15.9 Å². The third-order valence-electron chi connectivity index (χ3n) is 2.33. The van der Waals surface area contributed by atoms with Crippen LogP contribution >= 0.6 is 15.9 Å². The fourth-order valence-electron chi connectivity index (χ4n) is 1.50. The number of anilines is 1. The van der Waals surface area contributed by atoms with Crippen molar-refractivity contribution in [2.45, 2.75) is 6.42 Å². The molecule has 0 aliphatic heterocycles. The molecular formula is C11H10BrN3O3. The largest absolute Gasteiger partial charge is 0.326 e. The normalized spacial score (nSPS) is 10.5. The summed E-state index contributed by atoms with van der Waals surface area (Å²) in [6.45, 7) is 0. The van der Waals surface area contributed by atoms with E-state index in [1.807, 2.05) is 0 Å². The monoisotopic (exact) mass is 311 g/mol. The van der Waals surface area contributed by atoms with Crippen LogP contribution in [0.3, 0.4) is 0 Å². The Bertz CT molecular complexity index is 704. The van der Waals surface area contributed by atoms with Crippen molar-refractivity contribution in [2.75, 3.05) is 10.6 Å². The molecule has 1 amide bonds. The Morgan fingerprint density at radius 1 is 1.17 bits per heavy atom. The first-order valence-electron chi connectivity index (χ1n) is 5.22. The van der Waals surface area contributed by atoms with Gasteiger partial charge in [0, 0.05) is 17.4 Å². The second kappa shape index (κ2) is 5.18. The molecule has 2 aromatic rings. The smallest absolute Gasteiger partial charge is 0.314 e. The molecule has 18 heavy (non-hydrogen) atoms. The number of halogens is 1. The van der Waals surface area contributed by atoms with Gasteiger partial charge in [-0.15, -0.1) is 0 Å². The molecule has 6 nitrogen and oxygen atoms in total. The van der Waals surface area contributed by atoms with E-state index >= 15 is 0 Å². The van der Waals surface area contributed by atoms with E-state index in [2.05, 4.69) is 31.2 Å². The maximum absolute atomic E-state index is 11.4. The maximum Gasteiger partial charge on any atom is 0.314 e. The highest BCUT2D eigenvalue weighted by Crippen LogP contribution is 2.14. The van der Waals surface area contributed by atoms with E-state index in [-0.39, 0.29) is 5.91 Å². The number of fused-ring (bicyclic) bond motifs is 1. The van der Waals surface area contributed by atoms with E-state index in [1.165, 1.54) is 0 Å². The van der Waals surface area contributed by atoms with E-state index in [1.54, 1.807) is 18.2 Å². The van der Waals surface area contributed by atoms with Gasteiger partial charge in [0.1, 0.15) is 0 Å². The number of carbonyl (C=O) groups is 1. The Labute approximate surface area is 110 Å². The van der Waals surface area contributed by atoms with Crippen LogP contribution in [0.2, 0.25) is 0 Å². The molecule has 0 unspecified atom stereocenters. The van der Waals surface area contributed by atoms with Gasteiger partial charge in [0.15, 0.2) is 0 Å². The van der Waals surface area contributed by atoms with Crippen molar-refractivity contribution in [3.63, 3.8) is 0 Å². The molecule has 0 aliphatic rings. The van der Waals surface area contributed by atoms with Gasteiger partial charge in [0.2, 0.25) is 5.91 Å². The van der Waals surface area contributed by atoms with E-state index in [4.69, 9.17) is 0 Å². The number of aromatic nitrogens is 2. The molecule has 7 heteroatoms. The molecule has 0 aliphatic carbocycles. The first-order chi connectivity index (χ1) is 8.60. The average molecular weight is 312 g/mol. The molecule has 2 rings (SSSR count). The van der Waals surface area contributed by atoms with Crippen molar-refractivity contribution in [2.24, 2.45) is 0 Å². The molecule has 0 atom stereocenters. The van der Waals surface area contributed by atoms with Crippen LogP contribution in [0.1, 0.15) is 6.42 Å². The summed E-state index contributed by atoms with van der Waals surface area (Å²) in [6.07, 6.45) is 0.361. The lowest BCUT2D eigenvalue weighted by Crippen LogP contribution is -2.28. The van der Waals surface area contributed by atoms with Gasteiger partial charge in [-0.25, -0.2) is 0 Å². The number of amides is 1. The van der Waals surface area contributed by atoms with Gasteiger partial charge in [-0.05, 0) is 18.2 Å². The lowest BCUT2D eigenvalue weighted by molar-refractivity contribution is -0.115.